The highest BCUT2D eigenvalue weighted by Crippen LogP contribution is 2.34. The first-order valence-electron chi connectivity index (χ1n) is 9.09. The van der Waals surface area contributed by atoms with Gasteiger partial charge in [-0.05, 0) is 36.4 Å². The molecule has 0 spiro atoms. The van der Waals surface area contributed by atoms with Crippen molar-refractivity contribution < 1.29 is 31.1 Å². The summed E-state index contributed by atoms with van der Waals surface area (Å²) in [6, 6.07) is 7.50. The van der Waals surface area contributed by atoms with Crippen LogP contribution in [0.3, 0.4) is 0 Å². The van der Waals surface area contributed by atoms with E-state index < -0.39 is 47.3 Å². The molecule has 0 radical (unpaired) electrons. The molecule has 2 heterocycles. The maximum absolute atomic E-state index is 14.6. The molecule has 0 unspecified atom stereocenters. The molecule has 4 nitrogen and oxygen atoms in total. The molecule has 0 aliphatic carbocycles. The second-order valence-electron chi connectivity index (χ2n) is 6.60. The quantitative estimate of drug-likeness (QED) is 0.315. The minimum atomic E-state index is -4.88. The van der Waals surface area contributed by atoms with Crippen molar-refractivity contribution in [3.05, 3.63) is 93.8 Å². The lowest BCUT2D eigenvalue weighted by Gasteiger charge is -2.19. The summed E-state index contributed by atoms with van der Waals surface area (Å²) < 4.78 is 81.1. The smallest absolute Gasteiger partial charge is 0.344 e. The number of nitrogens with zero attached hydrogens (tertiary/aromatic N) is 2. The predicted molar refractivity (Wildman–Crippen MR) is 107 cm³/mol. The lowest BCUT2D eigenvalue weighted by atomic mass is 10.1. The van der Waals surface area contributed by atoms with Crippen molar-refractivity contribution in [2.45, 2.75) is 12.1 Å². The monoisotopic (exact) mass is 483 g/mol. The predicted octanol–water partition coefficient (Wildman–Crippen LogP) is 5.21. The van der Waals surface area contributed by atoms with E-state index in [0.29, 0.717) is 11.6 Å². The summed E-state index contributed by atoms with van der Waals surface area (Å²) in [5, 5.41) is 1.40. The largest absolute Gasteiger partial charge is 0.418 e. The fourth-order valence-corrected chi connectivity index (χ4v) is 2.99. The van der Waals surface area contributed by atoms with Gasteiger partial charge >= 0.3 is 6.18 Å². The summed E-state index contributed by atoms with van der Waals surface area (Å²) in [7, 11) is 0. The zero-order chi connectivity index (χ0) is 24.2. The summed E-state index contributed by atoms with van der Waals surface area (Å²) in [6.07, 6.45) is -2.74. The zero-order valence-electron chi connectivity index (χ0n) is 16.4. The Bertz CT molecular complexity index is 1230. The molecule has 1 amide bonds. The molecule has 0 aliphatic rings. The fourth-order valence-electron chi connectivity index (χ4n) is 2.67. The third-order valence-electron chi connectivity index (χ3n) is 4.24. The maximum Gasteiger partial charge on any atom is 0.418 e. The van der Waals surface area contributed by atoms with E-state index in [1.807, 2.05) is 0 Å². The number of rotatable bonds is 4. The van der Waals surface area contributed by atoms with Crippen LogP contribution in [0.2, 0.25) is 5.02 Å². The van der Waals surface area contributed by atoms with E-state index in [1.54, 1.807) is 5.32 Å². The van der Waals surface area contributed by atoms with Gasteiger partial charge in [0.1, 0.15) is 5.69 Å². The van der Waals surface area contributed by atoms with Crippen LogP contribution in [0.1, 0.15) is 32.7 Å². The van der Waals surface area contributed by atoms with Gasteiger partial charge in [0, 0.05) is 29.1 Å². The highest BCUT2D eigenvalue weighted by atomic mass is 35.5. The van der Waals surface area contributed by atoms with Crippen molar-refractivity contribution in [3.63, 3.8) is 0 Å². The molecular weight excluding hydrogens is 472 g/mol. The van der Waals surface area contributed by atoms with Gasteiger partial charge in [-0.1, -0.05) is 29.5 Å². The molecule has 2 aromatic heterocycles. The average molecular weight is 484 g/mol. The SMILES string of the molecule is O=C(NCC(F)(F)c1ccc(C#Cc2ccc(F)nc2)cc1Cl)c1ncccc1C(F)(F)F. The molecule has 0 aliphatic heterocycles. The second kappa shape index (κ2) is 9.50. The number of benzene rings is 1. The third-order valence-corrected chi connectivity index (χ3v) is 4.55. The summed E-state index contributed by atoms with van der Waals surface area (Å²) in [5.41, 5.74) is -2.36. The number of pyridine rings is 2. The van der Waals surface area contributed by atoms with Crippen molar-refractivity contribution in [2.24, 2.45) is 0 Å². The van der Waals surface area contributed by atoms with Crippen LogP contribution >= 0.6 is 11.6 Å². The minimum absolute atomic E-state index is 0.274. The highest BCUT2D eigenvalue weighted by molar-refractivity contribution is 6.31. The van der Waals surface area contributed by atoms with Crippen LogP contribution in [0, 0.1) is 17.8 Å². The standard InChI is InChI=1S/C22H12ClF6N3O/c23-17-10-13(3-4-14-6-8-18(24)31-11-14)5-7-15(17)21(25,26)12-32-20(33)19-16(22(27,28)29)2-1-9-30-19/h1-2,5-11H,12H2,(H,32,33). The van der Waals surface area contributed by atoms with Gasteiger partial charge in [0.05, 0.1) is 17.1 Å². The number of alkyl halides is 5. The Labute approximate surface area is 188 Å². The first kappa shape index (κ1) is 24.1. The van der Waals surface area contributed by atoms with Gasteiger partial charge in [-0.25, -0.2) is 4.98 Å². The Morgan fingerprint density at radius 2 is 1.67 bits per heavy atom. The Hall–Kier alpha value is -3.58. The van der Waals surface area contributed by atoms with Gasteiger partial charge in [0.25, 0.3) is 11.8 Å². The molecule has 0 atom stereocenters. The molecule has 0 bridgehead atoms. The Balaban J connectivity index is 1.74. The normalized spacial score (nSPS) is 11.5. The van der Waals surface area contributed by atoms with Crippen LogP contribution in [0.15, 0.2) is 54.9 Å². The summed E-state index contributed by atoms with van der Waals surface area (Å²) in [4.78, 5) is 18.9. The van der Waals surface area contributed by atoms with E-state index in [1.165, 1.54) is 18.3 Å². The molecule has 0 saturated carbocycles. The van der Waals surface area contributed by atoms with E-state index in [0.717, 1.165) is 30.5 Å². The van der Waals surface area contributed by atoms with Crippen molar-refractivity contribution in [1.29, 1.82) is 0 Å². The number of hydrogen-bond acceptors (Lipinski definition) is 3. The molecule has 1 aromatic carbocycles. The Morgan fingerprint density at radius 1 is 0.970 bits per heavy atom. The number of aromatic nitrogens is 2. The van der Waals surface area contributed by atoms with E-state index in [4.69, 9.17) is 11.6 Å². The fraction of sp³-hybridized carbons (Fsp3) is 0.136. The minimum Gasteiger partial charge on any atom is -0.344 e. The number of hydrogen-bond donors (Lipinski definition) is 1. The van der Waals surface area contributed by atoms with E-state index in [2.05, 4.69) is 21.8 Å². The average Bonchev–Trinajstić information content (AvgIpc) is 2.76. The van der Waals surface area contributed by atoms with Gasteiger partial charge in [-0.2, -0.15) is 26.3 Å². The maximum atomic E-state index is 14.6. The Kier molecular flexibility index (Phi) is 6.93. The van der Waals surface area contributed by atoms with Gasteiger partial charge in [-0.15, -0.1) is 0 Å². The van der Waals surface area contributed by atoms with Crippen LogP contribution in [-0.4, -0.2) is 22.4 Å². The first-order valence-corrected chi connectivity index (χ1v) is 9.47. The highest BCUT2D eigenvalue weighted by Gasteiger charge is 2.38. The van der Waals surface area contributed by atoms with Gasteiger partial charge in [0.15, 0.2) is 0 Å². The molecular formula is C22H12ClF6N3O. The van der Waals surface area contributed by atoms with Crippen LogP contribution < -0.4 is 5.32 Å². The van der Waals surface area contributed by atoms with Crippen LogP contribution in [-0.2, 0) is 12.1 Å². The molecule has 1 N–H and O–H groups in total. The molecule has 33 heavy (non-hydrogen) atoms. The van der Waals surface area contributed by atoms with Crippen molar-refractivity contribution >= 4 is 17.5 Å². The van der Waals surface area contributed by atoms with E-state index >= 15 is 0 Å². The first-order chi connectivity index (χ1) is 15.5. The number of nitrogens with one attached hydrogen (secondary N) is 1. The van der Waals surface area contributed by atoms with E-state index in [-0.39, 0.29) is 10.6 Å². The lowest BCUT2D eigenvalue weighted by Crippen LogP contribution is -2.36. The van der Waals surface area contributed by atoms with Crippen LogP contribution in [0.25, 0.3) is 0 Å². The molecule has 0 fully saturated rings. The summed E-state index contributed by atoms with van der Waals surface area (Å²) in [6.45, 7) is -1.31. The summed E-state index contributed by atoms with van der Waals surface area (Å²) in [5.74, 6) is -0.457. The number of carbonyl (C=O) groups is 1. The van der Waals surface area contributed by atoms with Crippen LogP contribution in [0.4, 0.5) is 26.3 Å². The number of carbonyl (C=O) groups excluding carboxylic acids is 1. The van der Waals surface area contributed by atoms with Crippen molar-refractivity contribution in [2.75, 3.05) is 6.54 Å². The molecule has 3 aromatic rings. The van der Waals surface area contributed by atoms with Crippen LogP contribution in [0.5, 0.6) is 0 Å². The molecule has 0 saturated heterocycles. The third kappa shape index (κ3) is 6.02. The van der Waals surface area contributed by atoms with Gasteiger partial charge in [-0.3, -0.25) is 9.78 Å². The van der Waals surface area contributed by atoms with Gasteiger partial charge in [0.2, 0.25) is 5.95 Å². The topological polar surface area (TPSA) is 54.9 Å². The zero-order valence-corrected chi connectivity index (χ0v) is 17.1. The number of amides is 1. The van der Waals surface area contributed by atoms with Gasteiger partial charge < -0.3 is 5.32 Å². The Morgan fingerprint density at radius 3 is 2.30 bits per heavy atom. The van der Waals surface area contributed by atoms with Crippen molar-refractivity contribution in [3.8, 4) is 11.8 Å². The second-order valence-corrected chi connectivity index (χ2v) is 7.01. The van der Waals surface area contributed by atoms with Crippen molar-refractivity contribution in [1.82, 2.24) is 15.3 Å². The molecule has 170 valence electrons. The number of halogens is 7. The van der Waals surface area contributed by atoms with E-state index in [9.17, 15) is 31.1 Å². The molecule has 11 heteroatoms. The lowest BCUT2D eigenvalue weighted by molar-refractivity contribution is -0.138. The summed E-state index contributed by atoms with van der Waals surface area (Å²) >= 11 is 5.95. The molecule has 3 rings (SSSR count).